The molecule has 0 radical (unpaired) electrons. The lowest BCUT2D eigenvalue weighted by Gasteiger charge is -2.08. The molecule has 4 aromatic rings. The van der Waals surface area contributed by atoms with Gasteiger partial charge in [0.1, 0.15) is 24.0 Å². The minimum atomic E-state index is -0.321. The molecular formula is C19H12BrClF2N4. The fourth-order valence-corrected chi connectivity index (χ4v) is 3.67. The summed E-state index contributed by atoms with van der Waals surface area (Å²) in [6, 6.07) is 12.2. The maximum atomic E-state index is 13.4. The van der Waals surface area contributed by atoms with E-state index in [2.05, 4.69) is 26.1 Å². The van der Waals surface area contributed by atoms with Crippen molar-refractivity contribution in [2.45, 2.75) is 6.67 Å². The molecule has 136 valence electrons. The van der Waals surface area contributed by atoms with Gasteiger partial charge in [-0.2, -0.15) is 10.2 Å². The number of nitrogens with zero attached hydrogens (tertiary/aromatic N) is 4. The van der Waals surface area contributed by atoms with Gasteiger partial charge in [-0.05, 0) is 64.5 Å². The van der Waals surface area contributed by atoms with E-state index in [0.29, 0.717) is 17.4 Å². The van der Waals surface area contributed by atoms with Gasteiger partial charge in [0.25, 0.3) is 0 Å². The highest BCUT2D eigenvalue weighted by Crippen LogP contribution is 2.36. The van der Waals surface area contributed by atoms with Gasteiger partial charge in [0.05, 0.1) is 21.4 Å². The second-order valence-electron chi connectivity index (χ2n) is 5.86. The van der Waals surface area contributed by atoms with Crippen LogP contribution in [0.25, 0.3) is 22.5 Å². The van der Waals surface area contributed by atoms with Crippen molar-refractivity contribution in [3.63, 3.8) is 0 Å². The second-order valence-corrected chi connectivity index (χ2v) is 7.09. The lowest BCUT2D eigenvalue weighted by molar-refractivity contribution is 0.508. The Balaban J connectivity index is 1.85. The van der Waals surface area contributed by atoms with Crippen molar-refractivity contribution in [2.24, 2.45) is 0 Å². The van der Waals surface area contributed by atoms with Crippen molar-refractivity contribution in [1.82, 2.24) is 19.6 Å². The third-order valence-electron chi connectivity index (χ3n) is 4.01. The molecule has 4 rings (SSSR count). The Morgan fingerprint density at radius 2 is 1.52 bits per heavy atom. The van der Waals surface area contributed by atoms with Gasteiger partial charge < -0.3 is 0 Å². The number of benzene rings is 2. The van der Waals surface area contributed by atoms with Gasteiger partial charge in [-0.15, -0.1) is 0 Å². The van der Waals surface area contributed by atoms with Crippen LogP contribution in [0.4, 0.5) is 8.78 Å². The van der Waals surface area contributed by atoms with Gasteiger partial charge in [-0.1, -0.05) is 11.6 Å². The summed E-state index contributed by atoms with van der Waals surface area (Å²) < 4.78 is 30.7. The zero-order valence-electron chi connectivity index (χ0n) is 13.8. The molecule has 0 atom stereocenters. The lowest BCUT2D eigenvalue weighted by atomic mass is 10.1. The van der Waals surface area contributed by atoms with E-state index in [0.717, 1.165) is 21.3 Å². The highest BCUT2D eigenvalue weighted by molar-refractivity contribution is 9.10. The van der Waals surface area contributed by atoms with Crippen LogP contribution in [0.2, 0.25) is 5.02 Å². The number of aromatic nitrogens is 4. The van der Waals surface area contributed by atoms with Crippen molar-refractivity contribution in [1.29, 1.82) is 0 Å². The summed E-state index contributed by atoms with van der Waals surface area (Å²) in [7, 11) is 0. The van der Waals surface area contributed by atoms with Gasteiger partial charge in [0.2, 0.25) is 0 Å². The van der Waals surface area contributed by atoms with E-state index in [9.17, 15) is 8.78 Å². The van der Waals surface area contributed by atoms with E-state index in [4.69, 9.17) is 11.6 Å². The van der Waals surface area contributed by atoms with Crippen LogP contribution in [0.1, 0.15) is 0 Å². The molecule has 8 heteroatoms. The van der Waals surface area contributed by atoms with Crippen molar-refractivity contribution >= 4 is 27.5 Å². The van der Waals surface area contributed by atoms with Gasteiger partial charge >= 0.3 is 0 Å². The van der Waals surface area contributed by atoms with Crippen LogP contribution in [-0.4, -0.2) is 19.6 Å². The Labute approximate surface area is 167 Å². The minimum absolute atomic E-state index is 0.305. The van der Waals surface area contributed by atoms with E-state index in [1.54, 1.807) is 46.0 Å². The van der Waals surface area contributed by atoms with E-state index in [1.807, 2.05) is 0 Å². The van der Waals surface area contributed by atoms with Crippen LogP contribution in [0.5, 0.6) is 0 Å². The zero-order valence-corrected chi connectivity index (χ0v) is 16.1. The van der Waals surface area contributed by atoms with Crippen LogP contribution in [0.15, 0.2) is 65.4 Å². The SMILES string of the molecule is Fc1ccc(-c2nn(Cn3cc(Cl)cn3)c(-c3ccc(F)cc3)c2Br)cc1. The summed E-state index contributed by atoms with van der Waals surface area (Å²) in [5.74, 6) is -0.641. The molecule has 0 amide bonds. The Hall–Kier alpha value is -2.51. The predicted molar refractivity (Wildman–Crippen MR) is 103 cm³/mol. The molecule has 2 aromatic heterocycles. The highest BCUT2D eigenvalue weighted by Gasteiger charge is 2.19. The van der Waals surface area contributed by atoms with Crippen LogP contribution in [0, 0.1) is 11.6 Å². The fraction of sp³-hybridized carbons (Fsp3) is 0.0526. The zero-order chi connectivity index (χ0) is 19.0. The average Bonchev–Trinajstić information content (AvgIpc) is 3.20. The molecule has 0 aliphatic heterocycles. The number of rotatable bonds is 4. The number of hydrogen-bond acceptors (Lipinski definition) is 2. The van der Waals surface area contributed by atoms with Crippen LogP contribution >= 0.6 is 27.5 Å². The van der Waals surface area contributed by atoms with E-state index < -0.39 is 0 Å². The molecule has 0 saturated heterocycles. The van der Waals surface area contributed by atoms with E-state index in [1.165, 1.54) is 24.3 Å². The van der Waals surface area contributed by atoms with Gasteiger partial charge in [0, 0.05) is 17.3 Å². The molecule has 0 spiro atoms. The van der Waals surface area contributed by atoms with E-state index in [-0.39, 0.29) is 11.6 Å². The molecule has 0 fully saturated rings. The molecule has 0 bridgehead atoms. The Bertz CT molecular complexity index is 1090. The minimum Gasteiger partial charge on any atom is -0.250 e. The molecule has 0 saturated carbocycles. The Morgan fingerprint density at radius 3 is 2.07 bits per heavy atom. The molecular weight excluding hydrogens is 438 g/mol. The first kappa shape index (κ1) is 17.9. The highest BCUT2D eigenvalue weighted by atomic mass is 79.9. The standard InChI is InChI=1S/C19H12BrClF2N4/c20-17-18(12-1-5-15(22)6-2-12)25-27(11-26-10-14(21)9-24-26)19(17)13-3-7-16(23)8-4-13/h1-10H,11H2. The molecule has 0 aliphatic rings. The summed E-state index contributed by atoms with van der Waals surface area (Å²) in [6.07, 6.45) is 3.22. The smallest absolute Gasteiger partial charge is 0.133 e. The summed E-state index contributed by atoms with van der Waals surface area (Å²) in [4.78, 5) is 0. The molecule has 4 nitrogen and oxygen atoms in total. The summed E-state index contributed by atoms with van der Waals surface area (Å²) in [5.41, 5.74) is 2.93. The largest absolute Gasteiger partial charge is 0.250 e. The van der Waals surface area contributed by atoms with Crippen molar-refractivity contribution < 1.29 is 8.78 Å². The van der Waals surface area contributed by atoms with Crippen LogP contribution in [0.3, 0.4) is 0 Å². The van der Waals surface area contributed by atoms with Gasteiger partial charge in [-0.3, -0.25) is 0 Å². The summed E-state index contributed by atoms with van der Waals surface area (Å²) in [5, 5.41) is 9.36. The molecule has 0 unspecified atom stereocenters. The lowest BCUT2D eigenvalue weighted by Crippen LogP contribution is -2.11. The molecule has 27 heavy (non-hydrogen) atoms. The van der Waals surface area contributed by atoms with Crippen LogP contribution in [-0.2, 0) is 6.67 Å². The predicted octanol–water partition coefficient (Wildman–Crippen LogP) is 5.61. The maximum Gasteiger partial charge on any atom is 0.133 e. The first-order valence-corrected chi connectivity index (χ1v) is 9.14. The summed E-state index contributed by atoms with van der Waals surface area (Å²) in [6.45, 7) is 0.305. The molecule has 0 aliphatic carbocycles. The normalized spacial score (nSPS) is 11.1. The summed E-state index contributed by atoms with van der Waals surface area (Å²) >= 11 is 9.55. The fourth-order valence-electron chi connectivity index (χ4n) is 2.77. The van der Waals surface area contributed by atoms with Crippen molar-refractivity contribution in [3.05, 3.63) is 82.1 Å². The van der Waals surface area contributed by atoms with Crippen molar-refractivity contribution in [2.75, 3.05) is 0 Å². The monoisotopic (exact) mass is 448 g/mol. The topological polar surface area (TPSA) is 35.6 Å². The molecule has 0 N–H and O–H groups in total. The Kier molecular flexibility index (Phi) is 4.80. The van der Waals surface area contributed by atoms with E-state index >= 15 is 0 Å². The molecule has 2 heterocycles. The number of halogens is 4. The third kappa shape index (κ3) is 3.65. The van der Waals surface area contributed by atoms with Gasteiger partial charge in [0.15, 0.2) is 0 Å². The average molecular weight is 450 g/mol. The van der Waals surface area contributed by atoms with Gasteiger partial charge in [-0.25, -0.2) is 18.1 Å². The first-order valence-electron chi connectivity index (χ1n) is 7.97. The first-order chi connectivity index (χ1) is 13.0. The second kappa shape index (κ2) is 7.25. The maximum absolute atomic E-state index is 13.4. The third-order valence-corrected chi connectivity index (χ3v) is 4.96. The van der Waals surface area contributed by atoms with Crippen molar-refractivity contribution in [3.8, 4) is 22.5 Å². The Morgan fingerprint density at radius 1 is 0.926 bits per heavy atom. The quantitative estimate of drug-likeness (QED) is 0.406. The number of hydrogen-bond donors (Lipinski definition) is 0. The van der Waals surface area contributed by atoms with Crippen LogP contribution < -0.4 is 0 Å². The molecule has 2 aromatic carbocycles.